The zero-order chi connectivity index (χ0) is 12.5. The molecule has 1 aliphatic carbocycles. The van der Waals surface area contributed by atoms with Crippen LogP contribution in [0.25, 0.3) is 0 Å². The molecule has 0 bridgehead atoms. The van der Waals surface area contributed by atoms with Crippen molar-refractivity contribution in [2.45, 2.75) is 45.1 Å². The van der Waals surface area contributed by atoms with Crippen molar-refractivity contribution >= 4 is 0 Å². The van der Waals surface area contributed by atoms with Crippen LogP contribution in [0.4, 0.5) is 0 Å². The van der Waals surface area contributed by atoms with E-state index < -0.39 is 0 Å². The van der Waals surface area contributed by atoms with Crippen LogP contribution >= 0.6 is 0 Å². The quantitative estimate of drug-likeness (QED) is 0.692. The molecule has 3 nitrogen and oxygen atoms in total. The summed E-state index contributed by atoms with van der Waals surface area (Å²) in [6.07, 6.45) is 6.95. The van der Waals surface area contributed by atoms with E-state index in [4.69, 9.17) is 4.74 Å². The standard InChI is InChI=1S/C14H30N2O/c1-13-5-4-6-14(8-7-13)15-9-10-16(2)11-12-17-3/h13-15H,4-12H2,1-3H3. The van der Waals surface area contributed by atoms with Crippen LogP contribution in [0.2, 0.25) is 0 Å². The molecule has 0 saturated heterocycles. The lowest BCUT2D eigenvalue weighted by Crippen LogP contribution is -2.36. The van der Waals surface area contributed by atoms with Gasteiger partial charge in [0.1, 0.15) is 0 Å². The molecule has 2 unspecified atom stereocenters. The van der Waals surface area contributed by atoms with Crippen molar-refractivity contribution in [3.63, 3.8) is 0 Å². The Labute approximate surface area is 107 Å². The van der Waals surface area contributed by atoms with Gasteiger partial charge in [0.2, 0.25) is 0 Å². The fourth-order valence-corrected chi connectivity index (χ4v) is 2.51. The van der Waals surface area contributed by atoms with Crippen molar-refractivity contribution < 1.29 is 4.74 Å². The first-order chi connectivity index (χ1) is 8.22. The maximum absolute atomic E-state index is 5.08. The summed E-state index contributed by atoms with van der Waals surface area (Å²) in [6.45, 7) is 6.48. The molecule has 1 N–H and O–H groups in total. The van der Waals surface area contributed by atoms with Gasteiger partial charge < -0.3 is 15.0 Å². The lowest BCUT2D eigenvalue weighted by atomic mass is 10.0. The van der Waals surface area contributed by atoms with Crippen LogP contribution in [-0.2, 0) is 4.74 Å². The number of nitrogens with one attached hydrogen (secondary N) is 1. The van der Waals surface area contributed by atoms with Gasteiger partial charge in [0, 0.05) is 32.8 Å². The van der Waals surface area contributed by atoms with Gasteiger partial charge in [-0.3, -0.25) is 0 Å². The molecule has 1 rings (SSSR count). The number of likely N-dealkylation sites (N-methyl/N-ethyl adjacent to an activating group) is 1. The predicted octanol–water partition coefficient (Wildman–Crippen LogP) is 2.12. The molecule has 2 atom stereocenters. The summed E-state index contributed by atoms with van der Waals surface area (Å²) in [7, 11) is 3.93. The molecule has 1 saturated carbocycles. The monoisotopic (exact) mass is 242 g/mol. The van der Waals surface area contributed by atoms with Crippen LogP contribution in [0.3, 0.4) is 0 Å². The van der Waals surface area contributed by atoms with Crippen molar-refractivity contribution in [1.82, 2.24) is 10.2 Å². The first-order valence-electron chi connectivity index (χ1n) is 7.13. The number of ether oxygens (including phenoxy) is 1. The molecule has 0 aromatic heterocycles. The molecule has 0 spiro atoms. The number of nitrogens with zero attached hydrogens (tertiary/aromatic N) is 1. The van der Waals surface area contributed by atoms with E-state index in [2.05, 4.69) is 24.2 Å². The van der Waals surface area contributed by atoms with Gasteiger partial charge >= 0.3 is 0 Å². The Kier molecular flexibility index (Phi) is 7.82. The summed E-state index contributed by atoms with van der Waals surface area (Å²) >= 11 is 0. The van der Waals surface area contributed by atoms with E-state index in [0.717, 1.165) is 38.2 Å². The molecule has 3 heteroatoms. The van der Waals surface area contributed by atoms with Crippen LogP contribution < -0.4 is 5.32 Å². The van der Waals surface area contributed by atoms with E-state index in [1.807, 2.05) is 0 Å². The SMILES string of the molecule is COCCN(C)CCNC1CCCC(C)CC1. The zero-order valence-corrected chi connectivity index (χ0v) is 11.9. The lowest BCUT2D eigenvalue weighted by molar-refractivity contribution is 0.161. The molecule has 102 valence electrons. The van der Waals surface area contributed by atoms with Crippen LogP contribution in [0.5, 0.6) is 0 Å². The Morgan fingerprint density at radius 2 is 2.00 bits per heavy atom. The number of methoxy groups -OCH3 is 1. The fourth-order valence-electron chi connectivity index (χ4n) is 2.51. The van der Waals surface area contributed by atoms with E-state index in [0.29, 0.717) is 0 Å². The van der Waals surface area contributed by atoms with Gasteiger partial charge in [0.15, 0.2) is 0 Å². The largest absolute Gasteiger partial charge is 0.383 e. The van der Waals surface area contributed by atoms with Crippen molar-refractivity contribution in [3.8, 4) is 0 Å². The topological polar surface area (TPSA) is 24.5 Å². The highest BCUT2D eigenvalue weighted by molar-refractivity contribution is 4.73. The molecule has 0 aromatic carbocycles. The summed E-state index contributed by atoms with van der Waals surface area (Å²) in [4.78, 5) is 2.33. The Morgan fingerprint density at radius 1 is 1.18 bits per heavy atom. The third-order valence-corrected chi connectivity index (χ3v) is 3.86. The van der Waals surface area contributed by atoms with Crippen LogP contribution in [0.1, 0.15) is 39.0 Å². The van der Waals surface area contributed by atoms with E-state index in [1.54, 1.807) is 7.11 Å². The highest BCUT2D eigenvalue weighted by Crippen LogP contribution is 2.22. The van der Waals surface area contributed by atoms with E-state index in [1.165, 1.54) is 32.1 Å². The second kappa shape index (κ2) is 8.90. The van der Waals surface area contributed by atoms with Gasteiger partial charge in [0.25, 0.3) is 0 Å². The van der Waals surface area contributed by atoms with Crippen LogP contribution in [0.15, 0.2) is 0 Å². The second-order valence-electron chi connectivity index (χ2n) is 5.56. The molecule has 0 heterocycles. The van der Waals surface area contributed by atoms with Gasteiger partial charge in [-0.2, -0.15) is 0 Å². The molecule has 1 fully saturated rings. The minimum atomic E-state index is 0.760. The van der Waals surface area contributed by atoms with E-state index in [-0.39, 0.29) is 0 Å². The first-order valence-corrected chi connectivity index (χ1v) is 7.13. The smallest absolute Gasteiger partial charge is 0.0589 e. The minimum absolute atomic E-state index is 0.760. The maximum Gasteiger partial charge on any atom is 0.0589 e. The average molecular weight is 242 g/mol. The van der Waals surface area contributed by atoms with Gasteiger partial charge in [-0.15, -0.1) is 0 Å². The predicted molar refractivity (Wildman–Crippen MR) is 73.4 cm³/mol. The molecule has 0 amide bonds. The fraction of sp³-hybridized carbons (Fsp3) is 1.00. The summed E-state index contributed by atoms with van der Waals surface area (Å²) in [5, 5.41) is 3.71. The molecule has 0 aliphatic heterocycles. The van der Waals surface area contributed by atoms with Gasteiger partial charge in [-0.05, 0) is 32.2 Å². The molecule has 0 aromatic rings. The summed E-state index contributed by atoms with van der Waals surface area (Å²) in [6, 6.07) is 0.760. The summed E-state index contributed by atoms with van der Waals surface area (Å²) in [5.41, 5.74) is 0. The van der Waals surface area contributed by atoms with Gasteiger partial charge in [0.05, 0.1) is 6.61 Å². The van der Waals surface area contributed by atoms with Crippen LogP contribution in [-0.4, -0.2) is 51.3 Å². The second-order valence-corrected chi connectivity index (χ2v) is 5.56. The van der Waals surface area contributed by atoms with Crippen molar-refractivity contribution in [2.75, 3.05) is 40.4 Å². The molecular formula is C14H30N2O. The third-order valence-electron chi connectivity index (χ3n) is 3.86. The van der Waals surface area contributed by atoms with E-state index in [9.17, 15) is 0 Å². The summed E-state index contributed by atoms with van der Waals surface area (Å²) in [5.74, 6) is 0.936. The lowest BCUT2D eigenvalue weighted by Gasteiger charge is -2.20. The average Bonchev–Trinajstić information content (AvgIpc) is 2.52. The summed E-state index contributed by atoms with van der Waals surface area (Å²) < 4.78 is 5.08. The number of rotatable bonds is 7. The Hall–Kier alpha value is -0.120. The first kappa shape index (κ1) is 14.9. The Morgan fingerprint density at radius 3 is 2.76 bits per heavy atom. The van der Waals surface area contributed by atoms with Crippen molar-refractivity contribution in [3.05, 3.63) is 0 Å². The Bertz CT molecular complexity index is 187. The number of hydrogen-bond acceptors (Lipinski definition) is 3. The van der Waals surface area contributed by atoms with Gasteiger partial charge in [-0.25, -0.2) is 0 Å². The Balaban J connectivity index is 2.05. The van der Waals surface area contributed by atoms with E-state index >= 15 is 0 Å². The van der Waals surface area contributed by atoms with Crippen molar-refractivity contribution in [2.24, 2.45) is 5.92 Å². The van der Waals surface area contributed by atoms with Crippen molar-refractivity contribution in [1.29, 1.82) is 0 Å². The maximum atomic E-state index is 5.08. The highest BCUT2D eigenvalue weighted by atomic mass is 16.5. The molecule has 0 radical (unpaired) electrons. The highest BCUT2D eigenvalue weighted by Gasteiger charge is 2.15. The molecule has 1 aliphatic rings. The minimum Gasteiger partial charge on any atom is -0.383 e. The normalized spacial score (nSPS) is 26.1. The molecule has 17 heavy (non-hydrogen) atoms. The van der Waals surface area contributed by atoms with Gasteiger partial charge in [-0.1, -0.05) is 19.8 Å². The third kappa shape index (κ3) is 7.02. The number of hydrogen-bond donors (Lipinski definition) is 1. The zero-order valence-electron chi connectivity index (χ0n) is 11.9. The van der Waals surface area contributed by atoms with Crippen LogP contribution in [0, 0.1) is 5.92 Å². The molecular weight excluding hydrogens is 212 g/mol.